The van der Waals surface area contributed by atoms with Gasteiger partial charge < -0.3 is 29.2 Å². The Labute approximate surface area is 209 Å². The fraction of sp³-hybridized carbons (Fsp3) is 0.250. The molecule has 8 heteroatoms. The van der Waals surface area contributed by atoms with E-state index in [4.69, 9.17) is 14.2 Å². The molecule has 3 aromatic carbocycles. The smallest absolute Gasteiger partial charge is 0.352 e. The quantitative estimate of drug-likeness (QED) is 0.290. The van der Waals surface area contributed by atoms with Crippen LogP contribution in [0.5, 0.6) is 17.2 Å². The number of ether oxygens (including phenoxy) is 3. The number of fused-ring (bicyclic) bond motifs is 1. The van der Waals surface area contributed by atoms with Gasteiger partial charge in [0.1, 0.15) is 11.5 Å². The molecule has 0 aliphatic heterocycles. The van der Waals surface area contributed by atoms with Gasteiger partial charge in [0, 0.05) is 28.6 Å². The molecule has 0 atom stereocenters. The van der Waals surface area contributed by atoms with Crippen molar-refractivity contribution in [2.75, 3.05) is 27.9 Å². The predicted octanol–water partition coefficient (Wildman–Crippen LogP) is 4.89. The first-order valence-electron chi connectivity index (χ1n) is 11.5. The number of halogens is 1. The molecule has 0 spiro atoms. The SMILES string of the molecule is COc1cc(CCNCc2c(C(=O)O)n(Cc3ccccc3F)c3ccccc23)cc(OC)c1OC. The average Bonchev–Trinajstić information content (AvgIpc) is 3.20. The molecule has 4 rings (SSSR count). The number of hydrogen-bond acceptors (Lipinski definition) is 5. The maximum Gasteiger partial charge on any atom is 0.352 e. The molecule has 1 aromatic heterocycles. The first-order chi connectivity index (χ1) is 17.5. The lowest BCUT2D eigenvalue weighted by Crippen LogP contribution is -2.19. The summed E-state index contributed by atoms with van der Waals surface area (Å²) in [7, 11) is 4.71. The first-order valence-corrected chi connectivity index (χ1v) is 11.5. The lowest BCUT2D eigenvalue weighted by atomic mass is 10.1. The zero-order valence-corrected chi connectivity index (χ0v) is 20.5. The number of carboxylic acid groups (broad SMARTS) is 1. The molecule has 2 N–H and O–H groups in total. The summed E-state index contributed by atoms with van der Waals surface area (Å²) < 4.78 is 32.3. The van der Waals surface area contributed by atoms with E-state index in [0.29, 0.717) is 47.9 Å². The van der Waals surface area contributed by atoms with Gasteiger partial charge in [-0.05, 0) is 42.8 Å². The van der Waals surface area contributed by atoms with Crippen LogP contribution in [0.4, 0.5) is 4.39 Å². The van der Waals surface area contributed by atoms with Crippen LogP contribution in [0.2, 0.25) is 0 Å². The summed E-state index contributed by atoms with van der Waals surface area (Å²) in [6.45, 7) is 1.06. The number of methoxy groups -OCH3 is 3. The molecule has 0 aliphatic carbocycles. The standard InChI is InChI=1S/C28H29FN2O5/c1-34-24-14-18(15-25(35-2)27(24)36-3)12-13-30-16-21-20-9-5-7-11-23(20)31(26(21)28(32)33)17-19-8-4-6-10-22(19)29/h4-11,14-15,30H,12-13,16-17H2,1-3H3,(H,32,33). The lowest BCUT2D eigenvalue weighted by Gasteiger charge is -2.14. The summed E-state index contributed by atoms with van der Waals surface area (Å²) in [6, 6.07) is 17.7. The summed E-state index contributed by atoms with van der Waals surface area (Å²) in [5.74, 6) is 0.276. The molecule has 0 bridgehead atoms. The van der Waals surface area contributed by atoms with Crippen LogP contribution in [0.15, 0.2) is 60.7 Å². The molecule has 0 unspecified atom stereocenters. The minimum Gasteiger partial charge on any atom is -0.493 e. The topological polar surface area (TPSA) is 82.0 Å². The predicted molar refractivity (Wildman–Crippen MR) is 136 cm³/mol. The molecule has 36 heavy (non-hydrogen) atoms. The van der Waals surface area contributed by atoms with E-state index >= 15 is 0 Å². The van der Waals surface area contributed by atoms with Crippen molar-refractivity contribution >= 4 is 16.9 Å². The highest BCUT2D eigenvalue weighted by Gasteiger charge is 2.22. The molecule has 0 aliphatic rings. The fourth-order valence-corrected chi connectivity index (χ4v) is 4.49. The van der Waals surface area contributed by atoms with Gasteiger partial charge in [0.15, 0.2) is 11.5 Å². The van der Waals surface area contributed by atoms with Crippen molar-refractivity contribution in [3.8, 4) is 17.2 Å². The molecule has 0 amide bonds. The van der Waals surface area contributed by atoms with Gasteiger partial charge in [-0.25, -0.2) is 9.18 Å². The Morgan fingerprint density at radius 1 is 0.972 bits per heavy atom. The maximum atomic E-state index is 14.4. The van der Waals surface area contributed by atoms with Gasteiger partial charge >= 0.3 is 5.97 Å². The van der Waals surface area contributed by atoms with Crippen LogP contribution in [0, 0.1) is 5.82 Å². The van der Waals surface area contributed by atoms with Crippen molar-refractivity contribution in [2.24, 2.45) is 0 Å². The third-order valence-electron chi connectivity index (χ3n) is 6.18. The second-order valence-electron chi connectivity index (χ2n) is 8.29. The number of nitrogens with zero attached hydrogens (tertiary/aromatic N) is 1. The number of carboxylic acids is 1. The van der Waals surface area contributed by atoms with E-state index in [2.05, 4.69) is 5.32 Å². The van der Waals surface area contributed by atoms with Crippen molar-refractivity contribution in [1.82, 2.24) is 9.88 Å². The molecule has 0 radical (unpaired) electrons. The van der Waals surface area contributed by atoms with E-state index in [1.165, 1.54) is 6.07 Å². The highest BCUT2D eigenvalue weighted by atomic mass is 19.1. The number of aromatic nitrogens is 1. The van der Waals surface area contributed by atoms with Gasteiger partial charge in [-0.1, -0.05) is 36.4 Å². The summed E-state index contributed by atoms with van der Waals surface area (Å²) in [6.07, 6.45) is 0.660. The Morgan fingerprint density at radius 3 is 2.28 bits per heavy atom. The molecule has 4 aromatic rings. The third kappa shape index (κ3) is 4.99. The van der Waals surface area contributed by atoms with Gasteiger partial charge in [0.25, 0.3) is 0 Å². The number of nitrogens with one attached hydrogen (secondary N) is 1. The Morgan fingerprint density at radius 2 is 1.64 bits per heavy atom. The van der Waals surface area contributed by atoms with E-state index in [1.54, 1.807) is 44.1 Å². The van der Waals surface area contributed by atoms with Crippen molar-refractivity contribution in [3.05, 3.63) is 88.9 Å². The molecule has 0 saturated carbocycles. The summed E-state index contributed by atoms with van der Waals surface area (Å²) in [5, 5.41) is 14.3. The van der Waals surface area contributed by atoms with Crippen LogP contribution in [0.1, 0.15) is 27.2 Å². The molecular formula is C28H29FN2O5. The highest BCUT2D eigenvalue weighted by molar-refractivity contribution is 5.98. The summed E-state index contributed by atoms with van der Waals surface area (Å²) >= 11 is 0. The normalized spacial score (nSPS) is 11.0. The lowest BCUT2D eigenvalue weighted by molar-refractivity contribution is 0.0684. The first kappa shape index (κ1) is 25.1. The molecule has 0 saturated heterocycles. The van der Waals surface area contributed by atoms with E-state index < -0.39 is 5.97 Å². The number of rotatable bonds is 11. The van der Waals surface area contributed by atoms with Gasteiger partial charge in [0.2, 0.25) is 5.75 Å². The largest absolute Gasteiger partial charge is 0.493 e. The van der Waals surface area contributed by atoms with E-state index in [1.807, 2.05) is 36.4 Å². The van der Waals surface area contributed by atoms with Crippen LogP contribution < -0.4 is 19.5 Å². The minimum atomic E-state index is -1.05. The second kappa shape index (κ2) is 11.1. The molecule has 1 heterocycles. The zero-order chi connectivity index (χ0) is 25.7. The van der Waals surface area contributed by atoms with Crippen molar-refractivity contribution in [2.45, 2.75) is 19.5 Å². The van der Waals surface area contributed by atoms with E-state index in [-0.39, 0.29) is 18.1 Å². The zero-order valence-electron chi connectivity index (χ0n) is 20.5. The number of para-hydroxylation sites is 1. The van der Waals surface area contributed by atoms with E-state index in [0.717, 1.165) is 16.5 Å². The molecular weight excluding hydrogens is 463 g/mol. The van der Waals surface area contributed by atoms with E-state index in [9.17, 15) is 14.3 Å². The second-order valence-corrected chi connectivity index (χ2v) is 8.29. The number of carbonyl (C=O) groups is 1. The van der Waals surface area contributed by atoms with Gasteiger partial charge in [0.05, 0.1) is 27.9 Å². The Bertz CT molecular complexity index is 1360. The molecule has 0 fully saturated rings. The highest BCUT2D eigenvalue weighted by Crippen LogP contribution is 2.38. The third-order valence-corrected chi connectivity index (χ3v) is 6.18. The van der Waals surface area contributed by atoms with Crippen LogP contribution in [-0.2, 0) is 19.5 Å². The Balaban J connectivity index is 1.58. The molecule has 188 valence electrons. The van der Waals surface area contributed by atoms with Crippen molar-refractivity contribution in [1.29, 1.82) is 0 Å². The maximum absolute atomic E-state index is 14.4. The van der Waals surface area contributed by atoms with Crippen LogP contribution in [-0.4, -0.2) is 43.5 Å². The van der Waals surface area contributed by atoms with Gasteiger partial charge in [-0.2, -0.15) is 0 Å². The summed E-state index contributed by atoms with van der Waals surface area (Å²) in [4.78, 5) is 12.4. The Kier molecular flexibility index (Phi) is 7.75. The average molecular weight is 493 g/mol. The summed E-state index contributed by atoms with van der Waals surface area (Å²) in [5.41, 5.74) is 2.98. The number of hydrogen-bond donors (Lipinski definition) is 2. The number of benzene rings is 3. The van der Waals surface area contributed by atoms with Crippen molar-refractivity contribution < 1.29 is 28.5 Å². The van der Waals surface area contributed by atoms with Crippen LogP contribution >= 0.6 is 0 Å². The minimum absolute atomic E-state index is 0.125. The van der Waals surface area contributed by atoms with Crippen LogP contribution in [0.3, 0.4) is 0 Å². The van der Waals surface area contributed by atoms with Gasteiger partial charge in [-0.15, -0.1) is 0 Å². The van der Waals surface area contributed by atoms with Gasteiger partial charge in [-0.3, -0.25) is 0 Å². The number of aromatic carboxylic acids is 1. The monoisotopic (exact) mass is 492 g/mol. The molecule has 7 nitrogen and oxygen atoms in total. The fourth-order valence-electron chi connectivity index (χ4n) is 4.49. The Hall–Kier alpha value is -4.04. The van der Waals surface area contributed by atoms with Crippen LogP contribution in [0.25, 0.3) is 10.9 Å². The van der Waals surface area contributed by atoms with Crippen molar-refractivity contribution in [3.63, 3.8) is 0 Å².